The van der Waals surface area contributed by atoms with Crippen molar-refractivity contribution in [3.05, 3.63) is 29.8 Å². The summed E-state index contributed by atoms with van der Waals surface area (Å²) in [6.45, 7) is 1.85. The molecule has 1 amide bonds. The van der Waals surface area contributed by atoms with E-state index in [-0.39, 0.29) is 33.3 Å². The van der Waals surface area contributed by atoms with Crippen molar-refractivity contribution in [1.29, 1.82) is 0 Å². The predicted octanol–water partition coefficient (Wildman–Crippen LogP) is 2.70. The number of rotatable bonds is 3. The van der Waals surface area contributed by atoms with Crippen molar-refractivity contribution < 1.29 is 35.3 Å². The van der Waals surface area contributed by atoms with E-state index in [4.69, 9.17) is 0 Å². The molecule has 2 nitrogen and oxygen atoms in total. The molecule has 0 aromatic heterocycles. The van der Waals surface area contributed by atoms with Crippen molar-refractivity contribution in [3.8, 4) is 0 Å². The summed E-state index contributed by atoms with van der Waals surface area (Å²) >= 11 is 0. The Bertz CT molecular complexity index is 344. The second-order valence-corrected chi connectivity index (χ2v) is 2.92. The first-order valence-electron chi connectivity index (χ1n) is 4.38. The van der Waals surface area contributed by atoms with Crippen LogP contribution in [-0.2, 0) is 26.5 Å². The zero-order valence-electron chi connectivity index (χ0n) is 8.31. The maximum Gasteiger partial charge on any atom is 0.224 e. The zero-order valence-corrected chi connectivity index (χ0v) is 9.87. The fourth-order valence-electron chi connectivity index (χ4n) is 1.03. The maximum absolute atomic E-state index is 13.0. The van der Waals surface area contributed by atoms with Gasteiger partial charge in [0, 0.05) is 34.2 Å². The van der Waals surface area contributed by atoms with Gasteiger partial charge in [-0.2, -0.15) is 0 Å². The topological polar surface area (TPSA) is 29.1 Å². The van der Waals surface area contributed by atoms with Crippen LogP contribution in [0.2, 0.25) is 0 Å². The molecule has 0 fully saturated rings. The van der Waals surface area contributed by atoms with E-state index in [0.29, 0.717) is 12.8 Å². The summed E-state index contributed by atoms with van der Waals surface area (Å²) in [6.07, 6.45) is 1.02. The maximum atomic E-state index is 13.0. The van der Waals surface area contributed by atoms with Gasteiger partial charge in [0.05, 0.1) is 5.69 Å². The van der Waals surface area contributed by atoms with Crippen molar-refractivity contribution in [1.82, 2.24) is 0 Å². The normalized spacial score (nSPS) is 9.27. The third kappa shape index (κ3) is 4.54. The molecule has 0 radical (unpaired) electrons. The molecule has 0 saturated heterocycles. The average Bonchev–Trinajstić information content (AvgIpc) is 2.10. The Morgan fingerprint density at radius 3 is 2.60 bits per heavy atom. The van der Waals surface area contributed by atoms with Gasteiger partial charge in [0.25, 0.3) is 0 Å². The summed E-state index contributed by atoms with van der Waals surface area (Å²) in [5, 5.41) is 2.36. The van der Waals surface area contributed by atoms with Gasteiger partial charge in [-0.25, -0.2) is 8.78 Å². The van der Waals surface area contributed by atoms with Crippen molar-refractivity contribution in [2.75, 3.05) is 5.32 Å². The fraction of sp³-hybridized carbons (Fsp3) is 0.300. The van der Waals surface area contributed by atoms with Gasteiger partial charge in [-0.15, -0.1) is 0 Å². The van der Waals surface area contributed by atoms with Crippen molar-refractivity contribution in [2.45, 2.75) is 19.8 Å². The van der Waals surface area contributed by atoms with E-state index < -0.39 is 11.6 Å². The molecular formula is C10H11F2NOTi. The van der Waals surface area contributed by atoms with Gasteiger partial charge < -0.3 is 5.32 Å². The average molecular weight is 247 g/mol. The number of hydrogen-bond donors (Lipinski definition) is 1. The Balaban J connectivity index is 0.00000196. The van der Waals surface area contributed by atoms with Gasteiger partial charge in [-0.1, -0.05) is 6.92 Å². The number of benzene rings is 1. The van der Waals surface area contributed by atoms with Gasteiger partial charge >= 0.3 is 0 Å². The molecule has 1 N–H and O–H groups in total. The Kier molecular flexibility index (Phi) is 6.37. The SMILES string of the molecule is CCCC(=O)Nc1ccc(F)cc1F.[Ti]. The van der Waals surface area contributed by atoms with E-state index in [2.05, 4.69) is 5.32 Å². The van der Waals surface area contributed by atoms with Crippen LogP contribution in [0.5, 0.6) is 0 Å². The second kappa shape index (κ2) is 6.69. The molecule has 0 atom stereocenters. The summed E-state index contributed by atoms with van der Waals surface area (Å²) in [4.78, 5) is 11.1. The fourth-order valence-corrected chi connectivity index (χ4v) is 1.03. The Labute approximate surface area is 102 Å². The van der Waals surface area contributed by atoms with Crippen molar-refractivity contribution in [2.24, 2.45) is 0 Å². The number of halogens is 2. The number of carbonyl (C=O) groups is 1. The quantitative estimate of drug-likeness (QED) is 0.817. The van der Waals surface area contributed by atoms with Crippen molar-refractivity contribution >= 4 is 11.6 Å². The third-order valence-electron chi connectivity index (χ3n) is 1.68. The first kappa shape index (κ1) is 14.3. The minimum absolute atomic E-state index is 0. The van der Waals surface area contributed by atoms with E-state index in [1.54, 1.807) is 0 Å². The molecule has 1 aromatic carbocycles. The number of amides is 1. The number of hydrogen-bond acceptors (Lipinski definition) is 1. The molecule has 0 aliphatic carbocycles. The largest absolute Gasteiger partial charge is 0.324 e. The van der Waals surface area contributed by atoms with Crippen LogP contribution in [0, 0.1) is 11.6 Å². The molecule has 80 valence electrons. The number of carbonyl (C=O) groups excluding carboxylic acids is 1. The van der Waals surface area contributed by atoms with Crippen LogP contribution < -0.4 is 5.32 Å². The van der Waals surface area contributed by atoms with Crippen LogP contribution in [0.3, 0.4) is 0 Å². The Morgan fingerprint density at radius 2 is 2.07 bits per heavy atom. The summed E-state index contributed by atoms with van der Waals surface area (Å²) in [7, 11) is 0. The molecule has 0 unspecified atom stereocenters. The first-order valence-corrected chi connectivity index (χ1v) is 4.38. The Hall–Kier alpha value is -0.736. The first-order chi connectivity index (χ1) is 6.63. The zero-order chi connectivity index (χ0) is 10.6. The van der Waals surface area contributed by atoms with Crippen LogP contribution in [0.15, 0.2) is 18.2 Å². The summed E-state index contributed by atoms with van der Waals surface area (Å²) in [5.41, 5.74) is 0.0184. The number of anilines is 1. The smallest absolute Gasteiger partial charge is 0.224 e. The molecular weight excluding hydrogens is 236 g/mol. The van der Waals surface area contributed by atoms with E-state index in [1.807, 2.05) is 6.92 Å². The molecule has 1 rings (SSSR count). The van der Waals surface area contributed by atoms with Gasteiger partial charge in [0.2, 0.25) is 5.91 Å². The molecule has 0 spiro atoms. The molecule has 5 heteroatoms. The molecule has 0 heterocycles. The van der Waals surface area contributed by atoms with Gasteiger partial charge in [0.1, 0.15) is 11.6 Å². The predicted molar refractivity (Wildman–Crippen MR) is 49.9 cm³/mol. The Morgan fingerprint density at radius 1 is 1.40 bits per heavy atom. The van der Waals surface area contributed by atoms with E-state index in [9.17, 15) is 13.6 Å². The van der Waals surface area contributed by atoms with E-state index >= 15 is 0 Å². The van der Waals surface area contributed by atoms with E-state index in [0.717, 1.165) is 12.1 Å². The van der Waals surface area contributed by atoms with Crippen molar-refractivity contribution in [3.63, 3.8) is 0 Å². The molecule has 1 aromatic rings. The van der Waals surface area contributed by atoms with Crippen LogP contribution in [0.1, 0.15) is 19.8 Å². The molecule has 0 saturated carbocycles. The van der Waals surface area contributed by atoms with Crippen LogP contribution in [-0.4, -0.2) is 5.91 Å². The summed E-state index contributed by atoms with van der Waals surface area (Å²) in [5.74, 6) is -1.68. The van der Waals surface area contributed by atoms with Gasteiger partial charge in [-0.3, -0.25) is 4.79 Å². The minimum atomic E-state index is -0.755. The van der Waals surface area contributed by atoms with Crippen LogP contribution >= 0.6 is 0 Å². The van der Waals surface area contributed by atoms with Crippen LogP contribution in [0.4, 0.5) is 14.5 Å². The van der Waals surface area contributed by atoms with Gasteiger partial charge in [0.15, 0.2) is 0 Å². The van der Waals surface area contributed by atoms with Gasteiger partial charge in [-0.05, 0) is 18.6 Å². The molecule has 0 bridgehead atoms. The summed E-state index contributed by atoms with van der Waals surface area (Å²) in [6, 6.07) is 3.05. The third-order valence-corrected chi connectivity index (χ3v) is 1.68. The van der Waals surface area contributed by atoms with Crippen LogP contribution in [0.25, 0.3) is 0 Å². The minimum Gasteiger partial charge on any atom is -0.324 e. The number of nitrogens with one attached hydrogen (secondary N) is 1. The monoisotopic (exact) mass is 247 g/mol. The molecule has 15 heavy (non-hydrogen) atoms. The second-order valence-electron chi connectivity index (χ2n) is 2.92. The standard InChI is InChI=1S/C10H11F2NO.Ti/c1-2-3-10(14)13-9-5-4-7(11)6-8(9)12;/h4-6H,2-3H2,1H3,(H,13,14);. The van der Waals surface area contributed by atoms with E-state index in [1.165, 1.54) is 6.07 Å². The summed E-state index contributed by atoms with van der Waals surface area (Å²) < 4.78 is 25.5. The molecule has 0 aliphatic rings. The molecule has 0 aliphatic heterocycles.